The molecule has 44 heavy (non-hydrogen) atoms. The Labute approximate surface area is 248 Å². The van der Waals surface area contributed by atoms with Gasteiger partial charge >= 0.3 is 18.2 Å². The van der Waals surface area contributed by atoms with E-state index in [-0.39, 0.29) is 42.8 Å². The quantitative estimate of drug-likeness (QED) is 0.207. The third-order valence-electron chi connectivity index (χ3n) is 6.11. The molecule has 1 heterocycles. The van der Waals surface area contributed by atoms with Gasteiger partial charge in [-0.2, -0.15) is 13.2 Å². The van der Waals surface area contributed by atoms with Gasteiger partial charge in [-0.25, -0.2) is 27.7 Å². The second-order valence-corrected chi connectivity index (χ2v) is 10.6. The van der Waals surface area contributed by atoms with Crippen LogP contribution in [0, 0.1) is 17.5 Å². The molecule has 0 aliphatic rings. The van der Waals surface area contributed by atoms with Gasteiger partial charge in [0, 0.05) is 24.4 Å². The molecule has 0 unspecified atom stereocenters. The predicted octanol–water partition coefficient (Wildman–Crippen LogP) is 6.92. The maximum atomic E-state index is 14.4. The third kappa shape index (κ3) is 8.67. The van der Waals surface area contributed by atoms with Crippen molar-refractivity contribution in [3.63, 3.8) is 0 Å². The van der Waals surface area contributed by atoms with Gasteiger partial charge in [0.2, 0.25) is 5.88 Å². The Morgan fingerprint density at radius 1 is 1.00 bits per heavy atom. The number of nitrogens with zero attached hydrogens (tertiary/aromatic N) is 2. The van der Waals surface area contributed by atoms with E-state index in [0.29, 0.717) is 29.4 Å². The number of ether oxygens (including phenoxy) is 2. The first kappa shape index (κ1) is 33.8. The number of carbonyl (C=O) groups excluding carboxylic acids is 1. The van der Waals surface area contributed by atoms with Crippen LogP contribution in [-0.2, 0) is 23.9 Å². The Morgan fingerprint density at radius 2 is 1.66 bits per heavy atom. The van der Waals surface area contributed by atoms with E-state index >= 15 is 0 Å². The maximum Gasteiger partial charge on any atom is 0.419 e. The third-order valence-corrected chi connectivity index (χ3v) is 6.11. The first-order chi connectivity index (χ1) is 20.4. The summed E-state index contributed by atoms with van der Waals surface area (Å²) in [6.07, 6.45) is -5.52. The lowest BCUT2D eigenvalue weighted by Crippen LogP contribution is -2.37. The minimum atomic E-state index is -5.19. The van der Waals surface area contributed by atoms with E-state index in [4.69, 9.17) is 15.2 Å². The van der Waals surface area contributed by atoms with Gasteiger partial charge in [-0.05, 0) is 63.4 Å². The molecule has 9 nitrogen and oxygen atoms in total. The molecule has 0 atom stereocenters. The molecule has 0 radical (unpaired) electrons. The highest BCUT2D eigenvalue weighted by Crippen LogP contribution is 2.36. The van der Waals surface area contributed by atoms with E-state index in [0.717, 1.165) is 4.90 Å². The average molecular weight is 629 g/mol. The standard InChI is InChI=1S/C29H30F6N4O5/c1-28(2,3)44-27(42)39(9-5-6-22-21(36)7-8-25(38-22)43-4)14-15-10-19(31)20(32)13-23(15)37-24-12-17(29(33,34)35)18(30)11-16(24)26(40)41/h7-8,10-13,37H,5-6,9,14,36H2,1-4H3,(H,40,41). The zero-order valence-corrected chi connectivity index (χ0v) is 24.1. The molecule has 1 amide bonds. The lowest BCUT2D eigenvalue weighted by Gasteiger charge is -2.28. The Kier molecular flexibility index (Phi) is 10.2. The number of nitrogens with one attached hydrogen (secondary N) is 1. The summed E-state index contributed by atoms with van der Waals surface area (Å²) in [5.74, 6) is -6.09. The molecule has 2 aromatic carbocycles. The van der Waals surface area contributed by atoms with Crippen LogP contribution >= 0.6 is 0 Å². The van der Waals surface area contributed by atoms with Crippen molar-refractivity contribution in [1.29, 1.82) is 0 Å². The second kappa shape index (κ2) is 13.3. The lowest BCUT2D eigenvalue weighted by atomic mass is 10.1. The van der Waals surface area contributed by atoms with Crippen molar-refractivity contribution in [2.24, 2.45) is 0 Å². The Hall–Kier alpha value is -4.69. The Bertz CT molecular complexity index is 1540. The van der Waals surface area contributed by atoms with E-state index in [1.54, 1.807) is 32.9 Å². The molecule has 0 fully saturated rings. The number of aromatic carboxylic acids is 1. The van der Waals surface area contributed by atoms with E-state index in [2.05, 4.69) is 10.3 Å². The highest BCUT2D eigenvalue weighted by Gasteiger charge is 2.36. The molecule has 0 saturated heterocycles. The number of alkyl halides is 3. The van der Waals surface area contributed by atoms with Gasteiger partial charge in [0.1, 0.15) is 11.4 Å². The number of nitrogen functional groups attached to an aromatic ring is 1. The first-order valence-electron chi connectivity index (χ1n) is 13.1. The summed E-state index contributed by atoms with van der Waals surface area (Å²) in [7, 11) is 1.43. The smallest absolute Gasteiger partial charge is 0.419 e. The number of aryl methyl sites for hydroxylation is 1. The topological polar surface area (TPSA) is 127 Å². The van der Waals surface area contributed by atoms with Crippen molar-refractivity contribution in [2.75, 3.05) is 24.7 Å². The SMILES string of the molecule is COc1ccc(N)c(CCCN(Cc2cc(F)c(F)cc2Nc2cc(C(F)(F)F)c(F)cc2C(=O)O)C(=O)OC(C)(C)C)n1. The molecule has 238 valence electrons. The van der Waals surface area contributed by atoms with Crippen LogP contribution in [0.5, 0.6) is 5.88 Å². The van der Waals surface area contributed by atoms with Crippen LogP contribution < -0.4 is 15.8 Å². The zero-order valence-electron chi connectivity index (χ0n) is 24.1. The molecule has 3 aromatic rings. The van der Waals surface area contributed by atoms with Gasteiger partial charge in [-0.3, -0.25) is 0 Å². The number of nitrogens with two attached hydrogens (primary N) is 1. The van der Waals surface area contributed by atoms with Gasteiger partial charge in [0.05, 0.1) is 41.9 Å². The molecule has 1 aromatic heterocycles. The van der Waals surface area contributed by atoms with Crippen molar-refractivity contribution in [2.45, 2.75) is 51.9 Å². The van der Waals surface area contributed by atoms with Crippen molar-refractivity contribution < 1.29 is 50.5 Å². The van der Waals surface area contributed by atoms with Gasteiger partial charge in [0.15, 0.2) is 11.6 Å². The second-order valence-electron chi connectivity index (χ2n) is 10.6. The van der Waals surface area contributed by atoms with Crippen molar-refractivity contribution >= 4 is 29.1 Å². The fourth-order valence-corrected chi connectivity index (χ4v) is 4.06. The number of aromatic nitrogens is 1. The number of carboxylic acids is 1. The van der Waals surface area contributed by atoms with Crippen molar-refractivity contribution in [3.8, 4) is 5.88 Å². The monoisotopic (exact) mass is 628 g/mol. The maximum absolute atomic E-state index is 14.4. The summed E-state index contributed by atoms with van der Waals surface area (Å²) in [5.41, 5.74) is 1.91. The zero-order chi connectivity index (χ0) is 33.0. The minimum Gasteiger partial charge on any atom is -0.481 e. The molecule has 3 rings (SSSR count). The van der Waals surface area contributed by atoms with Crippen molar-refractivity contribution in [1.82, 2.24) is 9.88 Å². The number of hydrogen-bond donors (Lipinski definition) is 3. The van der Waals surface area contributed by atoms with Crippen LogP contribution in [-0.4, -0.2) is 46.3 Å². The van der Waals surface area contributed by atoms with Crippen LogP contribution in [0.25, 0.3) is 0 Å². The fraction of sp³-hybridized carbons (Fsp3) is 0.345. The van der Waals surface area contributed by atoms with E-state index < -0.39 is 64.7 Å². The highest BCUT2D eigenvalue weighted by atomic mass is 19.4. The minimum absolute atomic E-state index is 0.0270. The molecule has 0 saturated carbocycles. The fourth-order valence-electron chi connectivity index (χ4n) is 4.06. The number of hydrogen-bond acceptors (Lipinski definition) is 7. The molecule has 15 heteroatoms. The van der Waals surface area contributed by atoms with Crippen molar-refractivity contribution in [3.05, 3.63) is 76.2 Å². The summed E-state index contributed by atoms with van der Waals surface area (Å²) in [4.78, 5) is 30.3. The lowest BCUT2D eigenvalue weighted by molar-refractivity contribution is -0.139. The van der Waals surface area contributed by atoms with Crippen LogP contribution in [0.2, 0.25) is 0 Å². The van der Waals surface area contributed by atoms with Crippen LogP contribution in [0.1, 0.15) is 54.4 Å². The number of carboxylic acid groups (broad SMARTS) is 1. The summed E-state index contributed by atoms with van der Waals surface area (Å²) < 4.78 is 93.7. The Morgan fingerprint density at radius 3 is 2.25 bits per heavy atom. The number of amides is 1. The predicted molar refractivity (Wildman–Crippen MR) is 148 cm³/mol. The van der Waals surface area contributed by atoms with E-state index in [9.17, 15) is 41.0 Å². The van der Waals surface area contributed by atoms with Crippen LogP contribution in [0.15, 0.2) is 36.4 Å². The normalized spacial score (nSPS) is 11.7. The first-order valence-corrected chi connectivity index (χ1v) is 13.1. The molecule has 0 bridgehead atoms. The Balaban J connectivity index is 2.00. The molecular formula is C29H30F6N4O5. The van der Waals surface area contributed by atoms with Crippen LogP contribution in [0.4, 0.5) is 48.2 Å². The number of anilines is 3. The van der Waals surface area contributed by atoms with Gasteiger partial charge in [-0.1, -0.05) is 0 Å². The van der Waals surface area contributed by atoms with E-state index in [1.165, 1.54) is 7.11 Å². The van der Waals surface area contributed by atoms with Gasteiger partial charge < -0.3 is 30.5 Å². The summed E-state index contributed by atoms with van der Waals surface area (Å²) in [6, 6.07) is 4.82. The van der Waals surface area contributed by atoms with Gasteiger partial charge in [-0.15, -0.1) is 0 Å². The summed E-state index contributed by atoms with van der Waals surface area (Å²) >= 11 is 0. The number of benzene rings is 2. The molecule has 0 aliphatic heterocycles. The summed E-state index contributed by atoms with van der Waals surface area (Å²) in [6.45, 7) is 4.34. The molecule has 0 spiro atoms. The number of pyridine rings is 1. The van der Waals surface area contributed by atoms with E-state index in [1.807, 2.05) is 0 Å². The molecule has 4 N–H and O–H groups in total. The number of rotatable bonds is 10. The average Bonchev–Trinajstić information content (AvgIpc) is 2.90. The molecule has 0 aliphatic carbocycles. The number of carbonyl (C=O) groups is 2. The number of halogens is 6. The van der Waals surface area contributed by atoms with Gasteiger partial charge in [0.25, 0.3) is 0 Å². The van der Waals surface area contributed by atoms with Crippen LogP contribution in [0.3, 0.4) is 0 Å². The largest absolute Gasteiger partial charge is 0.481 e. The highest BCUT2D eigenvalue weighted by molar-refractivity contribution is 5.95. The number of methoxy groups -OCH3 is 1. The molecular weight excluding hydrogens is 598 g/mol. The summed E-state index contributed by atoms with van der Waals surface area (Å²) in [5, 5.41) is 11.8.